The zero-order chi connectivity index (χ0) is 14.9. The standard InChI is InChI=1S/C15H16N2O3S/c16-21(18,19)20-15-6-5-12(11-7-9-17-10-8-11)13-3-1-2-4-14(13)15/h1-4,7-10,12,15H,5-6H2,(H2,16,18,19). The van der Waals surface area contributed by atoms with E-state index in [-0.39, 0.29) is 5.92 Å². The highest BCUT2D eigenvalue weighted by molar-refractivity contribution is 7.84. The lowest BCUT2D eigenvalue weighted by molar-refractivity contribution is 0.187. The van der Waals surface area contributed by atoms with Crippen LogP contribution in [0.3, 0.4) is 0 Å². The number of hydrogen-bond donors (Lipinski definition) is 1. The lowest BCUT2D eigenvalue weighted by Crippen LogP contribution is -2.24. The summed E-state index contributed by atoms with van der Waals surface area (Å²) in [6.45, 7) is 0. The molecule has 2 aromatic rings. The van der Waals surface area contributed by atoms with Gasteiger partial charge in [-0.25, -0.2) is 5.14 Å². The van der Waals surface area contributed by atoms with Crippen LogP contribution in [0.1, 0.15) is 41.6 Å². The van der Waals surface area contributed by atoms with Crippen molar-refractivity contribution in [3.63, 3.8) is 0 Å². The van der Waals surface area contributed by atoms with Crippen LogP contribution in [0.5, 0.6) is 0 Å². The Kier molecular flexibility index (Phi) is 3.75. The normalized spacial score (nSPS) is 21.8. The Balaban J connectivity index is 2.00. The number of fused-ring (bicyclic) bond motifs is 1. The first-order chi connectivity index (χ1) is 10.0. The summed E-state index contributed by atoms with van der Waals surface area (Å²) in [4.78, 5) is 4.04. The molecule has 1 aromatic heterocycles. The van der Waals surface area contributed by atoms with Gasteiger partial charge >= 0.3 is 10.3 Å². The number of nitrogens with zero attached hydrogens (tertiary/aromatic N) is 1. The highest BCUT2D eigenvalue weighted by Gasteiger charge is 2.30. The van der Waals surface area contributed by atoms with Crippen molar-refractivity contribution in [3.05, 3.63) is 65.5 Å². The fraction of sp³-hybridized carbons (Fsp3) is 0.267. The van der Waals surface area contributed by atoms with E-state index in [1.165, 1.54) is 5.56 Å². The van der Waals surface area contributed by atoms with Crippen molar-refractivity contribution in [2.45, 2.75) is 24.9 Å². The molecule has 0 aliphatic heterocycles. The van der Waals surface area contributed by atoms with Gasteiger partial charge in [-0.2, -0.15) is 8.42 Å². The maximum atomic E-state index is 11.2. The van der Waals surface area contributed by atoms with Crippen LogP contribution >= 0.6 is 0 Å². The van der Waals surface area contributed by atoms with E-state index in [4.69, 9.17) is 9.32 Å². The number of aromatic nitrogens is 1. The molecule has 3 rings (SSSR count). The number of nitrogens with two attached hydrogens (primary N) is 1. The Bertz CT molecular complexity index is 732. The van der Waals surface area contributed by atoms with Crippen LogP contribution in [0.25, 0.3) is 0 Å². The Hall–Kier alpha value is -1.76. The maximum absolute atomic E-state index is 11.2. The molecule has 5 nitrogen and oxygen atoms in total. The molecular weight excluding hydrogens is 288 g/mol. The minimum absolute atomic E-state index is 0.226. The topological polar surface area (TPSA) is 82.3 Å². The third-order valence-electron chi connectivity index (χ3n) is 3.79. The van der Waals surface area contributed by atoms with E-state index in [1.807, 2.05) is 36.4 Å². The highest BCUT2D eigenvalue weighted by atomic mass is 32.2. The predicted molar refractivity (Wildman–Crippen MR) is 78.7 cm³/mol. The largest absolute Gasteiger partial charge is 0.333 e. The predicted octanol–water partition coefficient (Wildman–Crippen LogP) is 2.27. The van der Waals surface area contributed by atoms with Gasteiger partial charge in [0.05, 0.1) is 0 Å². The van der Waals surface area contributed by atoms with Crippen LogP contribution in [0.4, 0.5) is 0 Å². The smallest absolute Gasteiger partial charge is 0.265 e. The van der Waals surface area contributed by atoms with Gasteiger partial charge in [0.1, 0.15) is 6.10 Å². The molecule has 2 atom stereocenters. The second kappa shape index (κ2) is 5.55. The molecule has 2 unspecified atom stereocenters. The Morgan fingerprint density at radius 2 is 1.71 bits per heavy atom. The van der Waals surface area contributed by atoms with E-state index in [0.717, 1.165) is 17.5 Å². The molecule has 110 valence electrons. The van der Waals surface area contributed by atoms with Crippen LogP contribution < -0.4 is 5.14 Å². The average Bonchev–Trinajstić information content (AvgIpc) is 2.47. The van der Waals surface area contributed by atoms with E-state index in [9.17, 15) is 8.42 Å². The number of rotatable bonds is 3. The van der Waals surface area contributed by atoms with Crippen molar-refractivity contribution in [1.82, 2.24) is 4.98 Å². The zero-order valence-electron chi connectivity index (χ0n) is 11.3. The monoisotopic (exact) mass is 304 g/mol. The molecule has 0 fully saturated rings. The molecule has 0 spiro atoms. The lowest BCUT2D eigenvalue weighted by Gasteiger charge is -2.30. The Morgan fingerprint density at radius 3 is 2.38 bits per heavy atom. The molecule has 2 N–H and O–H groups in total. The fourth-order valence-electron chi connectivity index (χ4n) is 2.95. The van der Waals surface area contributed by atoms with E-state index < -0.39 is 16.4 Å². The maximum Gasteiger partial charge on any atom is 0.333 e. The van der Waals surface area contributed by atoms with Gasteiger partial charge in [-0.15, -0.1) is 0 Å². The summed E-state index contributed by atoms with van der Waals surface area (Å²) >= 11 is 0. The summed E-state index contributed by atoms with van der Waals surface area (Å²) in [5.41, 5.74) is 3.15. The van der Waals surface area contributed by atoms with Crippen molar-refractivity contribution in [3.8, 4) is 0 Å². The minimum Gasteiger partial charge on any atom is -0.265 e. The molecule has 1 aliphatic rings. The van der Waals surface area contributed by atoms with Crippen molar-refractivity contribution in [1.29, 1.82) is 0 Å². The van der Waals surface area contributed by atoms with Gasteiger partial charge < -0.3 is 0 Å². The Labute approximate surface area is 124 Å². The molecule has 1 heterocycles. The van der Waals surface area contributed by atoms with Crippen LogP contribution in [0, 0.1) is 0 Å². The number of pyridine rings is 1. The van der Waals surface area contributed by atoms with Gasteiger partial charge in [0.25, 0.3) is 0 Å². The van der Waals surface area contributed by atoms with Gasteiger partial charge in [0, 0.05) is 18.3 Å². The quantitative estimate of drug-likeness (QED) is 0.943. The first-order valence-electron chi connectivity index (χ1n) is 6.74. The van der Waals surface area contributed by atoms with Gasteiger partial charge in [-0.05, 0) is 41.7 Å². The molecule has 1 aliphatic carbocycles. The molecule has 0 radical (unpaired) electrons. The first-order valence-corrected chi connectivity index (χ1v) is 8.21. The minimum atomic E-state index is -3.96. The third-order valence-corrected chi connectivity index (χ3v) is 4.30. The fourth-order valence-corrected chi connectivity index (χ4v) is 3.48. The summed E-state index contributed by atoms with van der Waals surface area (Å²) in [7, 11) is -3.96. The number of benzene rings is 1. The van der Waals surface area contributed by atoms with Crippen LogP contribution in [0.2, 0.25) is 0 Å². The second-order valence-corrected chi connectivity index (χ2v) is 6.30. The van der Waals surface area contributed by atoms with Crippen molar-refractivity contribution in [2.75, 3.05) is 0 Å². The van der Waals surface area contributed by atoms with Gasteiger partial charge in [-0.1, -0.05) is 24.3 Å². The molecule has 6 heteroatoms. The van der Waals surface area contributed by atoms with Gasteiger partial charge in [0.15, 0.2) is 0 Å². The van der Waals surface area contributed by atoms with E-state index >= 15 is 0 Å². The summed E-state index contributed by atoms with van der Waals surface area (Å²) in [6.07, 6.45) is 4.45. The summed E-state index contributed by atoms with van der Waals surface area (Å²) in [6, 6.07) is 11.7. The molecule has 1 aromatic carbocycles. The molecular formula is C15H16N2O3S. The van der Waals surface area contributed by atoms with Crippen molar-refractivity contribution < 1.29 is 12.6 Å². The van der Waals surface area contributed by atoms with E-state index in [2.05, 4.69) is 4.98 Å². The second-order valence-electron chi connectivity index (χ2n) is 5.12. The summed E-state index contributed by atoms with van der Waals surface area (Å²) in [5.74, 6) is 0.226. The van der Waals surface area contributed by atoms with Crippen molar-refractivity contribution >= 4 is 10.3 Å². The number of hydrogen-bond acceptors (Lipinski definition) is 4. The van der Waals surface area contributed by atoms with Crippen LogP contribution in [-0.4, -0.2) is 13.4 Å². The summed E-state index contributed by atoms with van der Waals surface area (Å²) in [5, 5.41) is 5.01. The van der Waals surface area contributed by atoms with E-state index in [0.29, 0.717) is 6.42 Å². The van der Waals surface area contributed by atoms with Crippen LogP contribution in [0.15, 0.2) is 48.8 Å². The van der Waals surface area contributed by atoms with Crippen LogP contribution in [-0.2, 0) is 14.5 Å². The van der Waals surface area contributed by atoms with E-state index in [1.54, 1.807) is 12.4 Å². The Morgan fingerprint density at radius 1 is 1.05 bits per heavy atom. The summed E-state index contributed by atoms with van der Waals surface area (Å²) < 4.78 is 27.4. The molecule has 0 amide bonds. The zero-order valence-corrected chi connectivity index (χ0v) is 12.2. The highest BCUT2D eigenvalue weighted by Crippen LogP contribution is 2.42. The molecule has 0 bridgehead atoms. The molecule has 0 saturated carbocycles. The SMILES string of the molecule is NS(=O)(=O)OC1CCC(c2ccncc2)c2ccccc21. The first kappa shape index (κ1) is 14.2. The molecule has 0 saturated heterocycles. The average molecular weight is 304 g/mol. The van der Waals surface area contributed by atoms with Gasteiger partial charge in [0.2, 0.25) is 0 Å². The third kappa shape index (κ3) is 3.12. The van der Waals surface area contributed by atoms with Crippen molar-refractivity contribution in [2.24, 2.45) is 5.14 Å². The van der Waals surface area contributed by atoms with Gasteiger partial charge in [-0.3, -0.25) is 9.17 Å². The molecule has 21 heavy (non-hydrogen) atoms. The lowest BCUT2D eigenvalue weighted by atomic mass is 9.78.